The van der Waals surface area contributed by atoms with Crippen LogP contribution in [0.1, 0.15) is 41.4 Å². The molecular weight excluding hydrogens is 468 g/mol. The molecule has 0 bridgehead atoms. The van der Waals surface area contributed by atoms with Crippen molar-refractivity contribution in [3.63, 3.8) is 0 Å². The lowest BCUT2D eigenvalue weighted by atomic mass is 10.1. The van der Waals surface area contributed by atoms with Crippen LogP contribution in [0.3, 0.4) is 0 Å². The minimum absolute atomic E-state index is 0.278. The lowest BCUT2D eigenvalue weighted by Gasteiger charge is -2.20. The minimum atomic E-state index is -4.47. The maximum Gasteiger partial charge on any atom is 0.335 e. The molecule has 0 saturated heterocycles. The number of sulfonamides is 2. The Morgan fingerprint density at radius 3 is 1.34 bits per heavy atom. The second kappa shape index (κ2) is 6.86. The first-order valence-corrected chi connectivity index (χ1v) is 11.6. The first-order valence-electron chi connectivity index (χ1n) is 8.76. The molecule has 166 valence electrons. The van der Waals surface area contributed by atoms with Gasteiger partial charge >= 0.3 is 11.9 Å². The van der Waals surface area contributed by atoms with E-state index in [1.165, 1.54) is 0 Å². The summed E-state index contributed by atoms with van der Waals surface area (Å²) in [5.74, 6) is -4.79. The zero-order valence-corrected chi connectivity index (χ0v) is 17.4. The highest BCUT2D eigenvalue weighted by Gasteiger charge is 2.45. The topological polar surface area (TPSA) is 183 Å². The number of amides is 2. The first-order chi connectivity index (χ1) is 14.9. The second-order valence-electron chi connectivity index (χ2n) is 6.80. The molecule has 0 aliphatic carbocycles. The van der Waals surface area contributed by atoms with Crippen LogP contribution in [0.4, 0.5) is 0 Å². The quantitative estimate of drug-likeness (QED) is 0.594. The average Bonchev–Trinajstić information content (AvgIpc) is 3.04. The van der Waals surface area contributed by atoms with E-state index in [4.69, 9.17) is 10.2 Å². The predicted octanol–water partition coefficient (Wildman–Crippen LogP) is 0.0722. The van der Waals surface area contributed by atoms with Gasteiger partial charge in [0.05, 0.1) is 35.3 Å². The molecule has 0 unspecified atom stereocenters. The van der Waals surface area contributed by atoms with Crippen molar-refractivity contribution in [1.82, 2.24) is 8.61 Å². The second-order valence-corrected chi connectivity index (χ2v) is 10.5. The van der Waals surface area contributed by atoms with E-state index in [1.54, 1.807) is 0 Å². The number of fused-ring (bicyclic) bond motifs is 2. The molecule has 2 aromatic rings. The van der Waals surface area contributed by atoms with Crippen LogP contribution in [0, 0.1) is 0 Å². The van der Waals surface area contributed by atoms with Crippen LogP contribution in [0.15, 0.2) is 46.2 Å². The number of carbonyl (C=O) groups excluding carboxylic acids is 2. The van der Waals surface area contributed by atoms with Crippen molar-refractivity contribution < 1.29 is 46.2 Å². The van der Waals surface area contributed by atoms with Crippen LogP contribution in [0.5, 0.6) is 0 Å². The van der Waals surface area contributed by atoms with Gasteiger partial charge in [-0.25, -0.2) is 35.0 Å². The van der Waals surface area contributed by atoms with Crippen molar-refractivity contribution in [2.24, 2.45) is 0 Å². The fourth-order valence-electron chi connectivity index (χ4n) is 3.44. The molecule has 2 aliphatic heterocycles. The summed E-state index contributed by atoms with van der Waals surface area (Å²) in [5, 5.41) is 18.1. The van der Waals surface area contributed by atoms with Gasteiger partial charge in [0.2, 0.25) is 0 Å². The van der Waals surface area contributed by atoms with Crippen molar-refractivity contribution in [2.45, 2.75) is 9.79 Å². The fraction of sp³-hybridized carbons (Fsp3) is 0.111. The maximum absolute atomic E-state index is 12.7. The Labute approximate surface area is 180 Å². The number of carboxylic acid groups (broad SMARTS) is 2. The van der Waals surface area contributed by atoms with Crippen LogP contribution >= 0.6 is 0 Å². The van der Waals surface area contributed by atoms with Crippen LogP contribution in [0.2, 0.25) is 0 Å². The smallest absolute Gasteiger partial charge is 0.335 e. The Morgan fingerprint density at radius 1 is 0.688 bits per heavy atom. The monoisotopic (exact) mass is 480 g/mol. The molecule has 14 heteroatoms. The SMILES string of the molecule is O=C(O)c1ccc2c(c1)S(=O)(=O)N(CCN1C(=O)c3ccc(C(=O)O)cc3S1(=O)=O)C2=O. The number of carboxylic acids is 2. The van der Waals surface area contributed by atoms with Gasteiger partial charge in [-0.3, -0.25) is 9.59 Å². The highest BCUT2D eigenvalue weighted by atomic mass is 32.2. The van der Waals surface area contributed by atoms with Gasteiger partial charge in [-0.2, -0.15) is 0 Å². The third kappa shape index (κ3) is 2.95. The van der Waals surface area contributed by atoms with Crippen LogP contribution in [-0.2, 0) is 20.0 Å². The van der Waals surface area contributed by atoms with Gasteiger partial charge in [0.15, 0.2) is 0 Å². The predicted molar refractivity (Wildman–Crippen MR) is 103 cm³/mol. The third-order valence-corrected chi connectivity index (χ3v) is 8.66. The molecule has 2 aliphatic rings. The first kappa shape index (κ1) is 21.5. The molecule has 32 heavy (non-hydrogen) atoms. The van der Waals surface area contributed by atoms with Gasteiger partial charge in [-0.15, -0.1) is 0 Å². The molecule has 0 aromatic heterocycles. The summed E-state index contributed by atoms with van der Waals surface area (Å²) in [5.41, 5.74) is -1.27. The number of rotatable bonds is 5. The van der Waals surface area contributed by atoms with Gasteiger partial charge in [-0.1, -0.05) is 0 Å². The third-order valence-electron chi connectivity index (χ3n) is 5.01. The number of hydrogen-bond acceptors (Lipinski definition) is 8. The fourth-order valence-corrected chi connectivity index (χ4v) is 6.61. The van der Waals surface area contributed by atoms with E-state index in [0.717, 1.165) is 36.4 Å². The summed E-state index contributed by atoms with van der Waals surface area (Å²) in [6, 6.07) is 5.85. The molecule has 0 spiro atoms. The van der Waals surface area contributed by atoms with Crippen LogP contribution in [-0.4, -0.2) is 72.5 Å². The van der Waals surface area contributed by atoms with E-state index in [2.05, 4.69) is 0 Å². The number of aromatic carboxylic acids is 2. The van der Waals surface area contributed by atoms with Gasteiger partial charge in [0.25, 0.3) is 31.9 Å². The summed E-state index contributed by atoms with van der Waals surface area (Å²) < 4.78 is 51.7. The number of benzene rings is 2. The zero-order chi connectivity index (χ0) is 23.6. The summed E-state index contributed by atoms with van der Waals surface area (Å²) in [7, 11) is -8.95. The largest absolute Gasteiger partial charge is 0.478 e. The Morgan fingerprint density at radius 2 is 1.03 bits per heavy atom. The number of hydrogen-bond donors (Lipinski definition) is 2. The molecule has 12 nitrogen and oxygen atoms in total. The Hall–Kier alpha value is -3.78. The summed E-state index contributed by atoms with van der Waals surface area (Å²) >= 11 is 0. The van der Waals surface area contributed by atoms with Gasteiger partial charge in [0.1, 0.15) is 9.79 Å². The van der Waals surface area contributed by atoms with E-state index in [0.29, 0.717) is 8.61 Å². The number of carbonyl (C=O) groups is 4. The average molecular weight is 480 g/mol. The van der Waals surface area contributed by atoms with Gasteiger partial charge < -0.3 is 10.2 Å². The molecular formula is C18H12N2O10S2. The normalized spacial score (nSPS) is 17.9. The van der Waals surface area contributed by atoms with Gasteiger partial charge in [-0.05, 0) is 36.4 Å². The van der Waals surface area contributed by atoms with Crippen molar-refractivity contribution >= 4 is 43.8 Å². The zero-order valence-electron chi connectivity index (χ0n) is 15.7. The molecule has 0 saturated carbocycles. The van der Waals surface area contributed by atoms with E-state index in [9.17, 15) is 36.0 Å². The molecule has 2 aromatic carbocycles. The Balaban J connectivity index is 1.64. The van der Waals surface area contributed by atoms with E-state index in [-0.39, 0.29) is 22.3 Å². The van der Waals surface area contributed by atoms with Gasteiger partial charge in [0, 0.05) is 0 Å². The number of nitrogens with zero attached hydrogens (tertiary/aromatic N) is 2. The lowest BCUT2D eigenvalue weighted by Crippen LogP contribution is -2.40. The van der Waals surface area contributed by atoms with Crippen molar-refractivity contribution in [2.75, 3.05) is 13.1 Å². The molecule has 4 rings (SSSR count). The lowest BCUT2D eigenvalue weighted by molar-refractivity contribution is 0.0685. The Bertz CT molecular complexity index is 1350. The Kier molecular flexibility index (Phi) is 4.60. The highest BCUT2D eigenvalue weighted by molar-refractivity contribution is 7.90. The highest BCUT2D eigenvalue weighted by Crippen LogP contribution is 2.33. The van der Waals surface area contributed by atoms with Crippen LogP contribution in [0.25, 0.3) is 0 Å². The molecule has 2 amide bonds. The van der Waals surface area contributed by atoms with Crippen LogP contribution < -0.4 is 0 Å². The summed E-state index contributed by atoms with van der Waals surface area (Å²) in [6.45, 7) is -1.44. The summed E-state index contributed by atoms with van der Waals surface area (Å²) in [6.07, 6.45) is 0. The van der Waals surface area contributed by atoms with Crippen molar-refractivity contribution in [3.8, 4) is 0 Å². The van der Waals surface area contributed by atoms with E-state index < -0.39 is 66.7 Å². The van der Waals surface area contributed by atoms with E-state index >= 15 is 0 Å². The van der Waals surface area contributed by atoms with Crippen molar-refractivity contribution in [3.05, 3.63) is 58.7 Å². The molecule has 2 heterocycles. The summed E-state index contributed by atoms with van der Waals surface area (Å²) in [4.78, 5) is 46.3. The minimum Gasteiger partial charge on any atom is -0.478 e. The molecule has 2 N–H and O–H groups in total. The van der Waals surface area contributed by atoms with E-state index in [1.807, 2.05) is 0 Å². The molecule has 0 atom stereocenters. The molecule has 0 fully saturated rings. The standard InChI is InChI=1S/C18H12N2O10S2/c21-15-11-3-1-9(17(23)24)7-13(11)31(27,28)19(15)5-6-20-16(22)12-4-2-10(18(25)26)8-14(12)32(20,29)30/h1-4,7-8H,5-6H2,(H,23,24)(H,25,26). The van der Waals surface area contributed by atoms with Crippen molar-refractivity contribution in [1.29, 1.82) is 0 Å². The maximum atomic E-state index is 12.7. The molecule has 0 radical (unpaired) electrons.